The van der Waals surface area contributed by atoms with Crippen LogP contribution >= 0.6 is 0 Å². The number of nitrogens with one attached hydrogen (secondary N) is 2. The van der Waals surface area contributed by atoms with Gasteiger partial charge in [-0.15, -0.1) is 0 Å². The van der Waals surface area contributed by atoms with Crippen LogP contribution in [0, 0.1) is 0 Å². The third-order valence-electron chi connectivity index (χ3n) is 4.38. The van der Waals surface area contributed by atoms with Crippen LogP contribution in [0.1, 0.15) is 33.6 Å². The Morgan fingerprint density at radius 1 is 1.32 bits per heavy atom. The van der Waals surface area contributed by atoms with Crippen LogP contribution in [0.15, 0.2) is 24.3 Å². The summed E-state index contributed by atoms with van der Waals surface area (Å²) in [7, 11) is 0. The van der Waals surface area contributed by atoms with Gasteiger partial charge in [0.25, 0.3) is 0 Å². The van der Waals surface area contributed by atoms with Crippen molar-refractivity contribution < 1.29 is 22.8 Å². The number of rotatable bonds is 4. The first-order chi connectivity index (χ1) is 11.5. The average molecular weight is 357 g/mol. The van der Waals surface area contributed by atoms with E-state index in [-0.39, 0.29) is 23.5 Å². The molecule has 1 aliphatic rings. The molecule has 1 aliphatic heterocycles. The lowest BCUT2D eigenvalue weighted by atomic mass is 10.0. The maximum atomic E-state index is 13.5. The third-order valence-corrected chi connectivity index (χ3v) is 4.38. The van der Waals surface area contributed by atoms with Gasteiger partial charge < -0.3 is 10.6 Å². The van der Waals surface area contributed by atoms with Crippen LogP contribution < -0.4 is 15.5 Å². The van der Waals surface area contributed by atoms with Crippen LogP contribution in [-0.4, -0.2) is 36.1 Å². The SMILES string of the molecule is CCC(C)(C)NCC(=O)N1c2ccccc2NC(=O)C[C@@H]1C(F)(F)F. The number of amides is 2. The third kappa shape index (κ3) is 4.50. The van der Waals surface area contributed by atoms with E-state index in [9.17, 15) is 22.8 Å². The number of hydrogen-bond acceptors (Lipinski definition) is 3. The molecule has 1 atom stereocenters. The van der Waals surface area contributed by atoms with Crippen molar-refractivity contribution in [2.45, 2.75) is 51.4 Å². The highest BCUT2D eigenvalue weighted by Gasteiger charge is 2.48. The molecule has 5 nitrogen and oxygen atoms in total. The van der Waals surface area contributed by atoms with Crippen molar-refractivity contribution in [3.05, 3.63) is 24.3 Å². The van der Waals surface area contributed by atoms with E-state index >= 15 is 0 Å². The van der Waals surface area contributed by atoms with Gasteiger partial charge in [0.2, 0.25) is 11.8 Å². The molecule has 1 aromatic rings. The lowest BCUT2D eigenvalue weighted by Gasteiger charge is -2.33. The molecule has 0 saturated carbocycles. The van der Waals surface area contributed by atoms with Crippen molar-refractivity contribution >= 4 is 23.2 Å². The molecule has 8 heteroatoms. The van der Waals surface area contributed by atoms with Crippen molar-refractivity contribution in [1.82, 2.24) is 5.32 Å². The molecule has 138 valence electrons. The Balaban J connectivity index is 2.41. The predicted octanol–water partition coefficient (Wildman–Crippen LogP) is 3.07. The summed E-state index contributed by atoms with van der Waals surface area (Å²) in [5.41, 5.74) is -0.137. The molecule has 2 rings (SSSR count). The number of alkyl halides is 3. The fourth-order valence-electron chi connectivity index (χ4n) is 2.52. The normalized spacial score (nSPS) is 18.4. The zero-order chi connectivity index (χ0) is 18.8. The Labute approximate surface area is 144 Å². The maximum absolute atomic E-state index is 13.5. The number of halogens is 3. The fraction of sp³-hybridized carbons (Fsp3) is 0.529. The second-order valence-corrected chi connectivity index (χ2v) is 6.68. The summed E-state index contributed by atoms with van der Waals surface area (Å²) >= 11 is 0. The van der Waals surface area contributed by atoms with Gasteiger partial charge in [0.1, 0.15) is 6.04 Å². The van der Waals surface area contributed by atoms with Crippen LogP contribution in [-0.2, 0) is 9.59 Å². The van der Waals surface area contributed by atoms with Crippen molar-refractivity contribution in [2.24, 2.45) is 0 Å². The summed E-state index contributed by atoms with van der Waals surface area (Å²) in [5.74, 6) is -1.50. The molecule has 0 aromatic heterocycles. The predicted molar refractivity (Wildman–Crippen MR) is 89.4 cm³/mol. The number of carbonyl (C=O) groups excluding carboxylic acids is 2. The molecule has 25 heavy (non-hydrogen) atoms. The van der Waals surface area contributed by atoms with Crippen LogP contribution in [0.5, 0.6) is 0 Å². The summed E-state index contributed by atoms with van der Waals surface area (Å²) in [6.07, 6.45) is -4.84. The van der Waals surface area contributed by atoms with Gasteiger partial charge in [0, 0.05) is 5.54 Å². The molecular formula is C17H22F3N3O2. The van der Waals surface area contributed by atoms with E-state index in [4.69, 9.17) is 0 Å². The second-order valence-electron chi connectivity index (χ2n) is 6.68. The molecule has 0 unspecified atom stereocenters. The smallest absolute Gasteiger partial charge is 0.324 e. The van der Waals surface area contributed by atoms with Gasteiger partial charge in [0.05, 0.1) is 24.3 Å². The van der Waals surface area contributed by atoms with Gasteiger partial charge in [-0.2, -0.15) is 13.2 Å². The molecule has 0 spiro atoms. The van der Waals surface area contributed by atoms with Gasteiger partial charge in [-0.3, -0.25) is 14.5 Å². The highest BCUT2D eigenvalue weighted by atomic mass is 19.4. The summed E-state index contributed by atoms with van der Waals surface area (Å²) < 4.78 is 40.6. The second kappa shape index (κ2) is 7.03. The van der Waals surface area contributed by atoms with Crippen LogP contribution in [0.2, 0.25) is 0 Å². The fourth-order valence-corrected chi connectivity index (χ4v) is 2.52. The Bertz CT molecular complexity index is 659. The van der Waals surface area contributed by atoms with Crippen LogP contribution in [0.4, 0.5) is 24.5 Å². The maximum Gasteiger partial charge on any atom is 0.409 e. The Kier molecular flexibility index (Phi) is 5.41. The van der Waals surface area contributed by atoms with Crippen LogP contribution in [0.25, 0.3) is 0 Å². The van der Waals surface area contributed by atoms with Crippen molar-refractivity contribution in [2.75, 3.05) is 16.8 Å². The molecular weight excluding hydrogens is 335 g/mol. The molecule has 1 aromatic carbocycles. The number of nitrogens with zero attached hydrogens (tertiary/aromatic N) is 1. The minimum absolute atomic E-state index is 0.0526. The highest BCUT2D eigenvalue weighted by molar-refractivity contribution is 6.05. The molecule has 0 aliphatic carbocycles. The minimum atomic E-state index is -4.72. The quantitative estimate of drug-likeness (QED) is 0.871. The number of carbonyl (C=O) groups is 2. The zero-order valence-corrected chi connectivity index (χ0v) is 14.4. The van der Waals surface area contributed by atoms with E-state index in [2.05, 4.69) is 10.6 Å². The monoisotopic (exact) mass is 357 g/mol. The van der Waals surface area contributed by atoms with E-state index in [1.807, 2.05) is 20.8 Å². The molecule has 1 heterocycles. The number of para-hydroxylation sites is 2. The van der Waals surface area contributed by atoms with Gasteiger partial charge in [0.15, 0.2) is 0 Å². The summed E-state index contributed by atoms with van der Waals surface area (Å²) in [6, 6.07) is 3.81. The largest absolute Gasteiger partial charge is 0.409 e. The van der Waals surface area contributed by atoms with Crippen molar-refractivity contribution in [1.29, 1.82) is 0 Å². The Hall–Kier alpha value is -2.09. The van der Waals surface area contributed by atoms with E-state index in [1.165, 1.54) is 18.2 Å². The molecule has 2 N–H and O–H groups in total. The van der Waals surface area contributed by atoms with Gasteiger partial charge in [-0.05, 0) is 32.4 Å². The van der Waals surface area contributed by atoms with Crippen molar-refractivity contribution in [3.63, 3.8) is 0 Å². The van der Waals surface area contributed by atoms with Gasteiger partial charge in [-0.25, -0.2) is 0 Å². The number of fused-ring (bicyclic) bond motifs is 1. The molecule has 0 fully saturated rings. The van der Waals surface area contributed by atoms with E-state index in [0.717, 1.165) is 0 Å². The Morgan fingerprint density at radius 2 is 1.96 bits per heavy atom. The summed E-state index contributed by atoms with van der Waals surface area (Å²) in [4.78, 5) is 25.2. The van der Waals surface area contributed by atoms with Crippen LogP contribution in [0.3, 0.4) is 0 Å². The molecule has 0 saturated heterocycles. The average Bonchev–Trinajstić information content (AvgIpc) is 2.68. The molecule has 0 bridgehead atoms. The minimum Gasteiger partial charge on any atom is -0.324 e. The standard InChI is InChI=1S/C17H22F3N3O2/c1-4-16(2,3)21-10-15(25)23-12-8-6-5-7-11(12)22-14(24)9-13(23)17(18,19)20/h5-8,13,21H,4,9-10H2,1-3H3,(H,22,24)/t13-/m1/s1. The Morgan fingerprint density at radius 3 is 2.56 bits per heavy atom. The first-order valence-electron chi connectivity index (χ1n) is 8.08. The molecule has 2 amide bonds. The summed E-state index contributed by atoms with van der Waals surface area (Å²) in [6.45, 7) is 5.39. The number of benzene rings is 1. The van der Waals surface area contributed by atoms with Gasteiger partial charge in [-0.1, -0.05) is 19.1 Å². The first-order valence-corrected chi connectivity index (χ1v) is 8.08. The number of hydrogen-bond donors (Lipinski definition) is 2. The topological polar surface area (TPSA) is 61.4 Å². The highest BCUT2D eigenvalue weighted by Crippen LogP contribution is 2.37. The number of anilines is 2. The zero-order valence-electron chi connectivity index (χ0n) is 14.4. The lowest BCUT2D eigenvalue weighted by Crippen LogP contribution is -2.54. The molecule has 0 radical (unpaired) electrons. The van der Waals surface area contributed by atoms with Gasteiger partial charge >= 0.3 is 6.18 Å². The first kappa shape index (κ1) is 19.2. The lowest BCUT2D eigenvalue weighted by molar-refractivity contribution is -0.157. The van der Waals surface area contributed by atoms with E-state index in [1.54, 1.807) is 6.07 Å². The summed E-state index contributed by atoms with van der Waals surface area (Å²) in [5, 5.41) is 5.42. The van der Waals surface area contributed by atoms with E-state index in [0.29, 0.717) is 11.3 Å². The van der Waals surface area contributed by atoms with E-state index < -0.39 is 30.5 Å². The van der Waals surface area contributed by atoms with Crippen molar-refractivity contribution in [3.8, 4) is 0 Å².